The third-order valence-electron chi connectivity index (χ3n) is 2.59. The van der Waals surface area contributed by atoms with Gasteiger partial charge in [-0.1, -0.05) is 17.4 Å². The molecule has 0 spiro atoms. The van der Waals surface area contributed by atoms with Crippen molar-refractivity contribution in [2.24, 2.45) is 0 Å². The van der Waals surface area contributed by atoms with E-state index >= 15 is 0 Å². The summed E-state index contributed by atoms with van der Waals surface area (Å²) < 4.78 is 26.8. The van der Waals surface area contributed by atoms with E-state index in [-0.39, 0.29) is 16.3 Å². The summed E-state index contributed by atoms with van der Waals surface area (Å²) in [7, 11) is -3.96. The van der Waals surface area contributed by atoms with Gasteiger partial charge in [0.25, 0.3) is 10.0 Å². The van der Waals surface area contributed by atoms with E-state index in [4.69, 9.17) is 5.11 Å². The third kappa shape index (κ3) is 3.79. The minimum absolute atomic E-state index is 0.126. The molecular weight excluding hydrogens is 336 g/mol. The van der Waals surface area contributed by atoms with Crippen LogP contribution in [0.1, 0.15) is 23.0 Å². The number of thiazole rings is 1. The van der Waals surface area contributed by atoms with Crippen LogP contribution in [0.25, 0.3) is 0 Å². The maximum Gasteiger partial charge on any atom is 0.305 e. The second-order valence-electron chi connectivity index (χ2n) is 4.21. The van der Waals surface area contributed by atoms with Gasteiger partial charge in [0.05, 0.1) is 12.5 Å². The first-order chi connectivity index (χ1) is 9.79. The number of carboxylic acids is 1. The molecular formula is C11H12N2O5S3. The van der Waals surface area contributed by atoms with E-state index in [1.54, 1.807) is 17.5 Å². The fraction of sp³-hybridized carbons (Fsp3) is 0.273. The normalized spacial score (nSPS) is 13.2. The average molecular weight is 348 g/mol. The number of rotatable bonds is 6. The van der Waals surface area contributed by atoms with Gasteiger partial charge in [0.15, 0.2) is 4.21 Å². The standard InChI is InChI=1S/C11H12N2O5S3/c1-6-10(20-11(16)12-6)21(17,18)13-7(5-9(14)15)8-3-2-4-19-8/h2-4,7,13H,5H2,1H3,(H,12,16)(H,14,15). The Morgan fingerprint density at radius 1 is 1.52 bits per heavy atom. The lowest BCUT2D eigenvalue weighted by atomic mass is 10.2. The second kappa shape index (κ2) is 6.10. The van der Waals surface area contributed by atoms with Crippen LogP contribution in [0.4, 0.5) is 0 Å². The Kier molecular flexibility index (Phi) is 4.61. The molecule has 2 heterocycles. The number of hydrogen-bond acceptors (Lipinski definition) is 6. The Morgan fingerprint density at radius 2 is 2.24 bits per heavy atom. The van der Waals surface area contributed by atoms with E-state index < -0.39 is 26.9 Å². The number of nitrogens with one attached hydrogen (secondary N) is 2. The summed E-state index contributed by atoms with van der Waals surface area (Å²) >= 11 is 1.84. The number of aliphatic carboxylic acids is 1. The molecule has 0 amide bonds. The minimum atomic E-state index is -3.96. The van der Waals surface area contributed by atoms with Gasteiger partial charge in [-0.15, -0.1) is 11.3 Å². The zero-order valence-electron chi connectivity index (χ0n) is 10.8. The highest BCUT2D eigenvalue weighted by Gasteiger charge is 2.27. The first-order valence-corrected chi connectivity index (χ1v) is 8.95. The third-order valence-corrected chi connectivity index (χ3v) is 6.65. The van der Waals surface area contributed by atoms with E-state index in [2.05, 4.69) is 9.71 Å². The van der Waals surface area contributed by atoms with Crippen LogP contribution >= 0.6 is 22.7 Å². The molecule has 21 heavy (non-hydrogen) atoms. The van der Waals surface area contributed by atoms with Gasteiger partial charge in [-0.05, 0) is 18.4 Å². The molecule has 1 atom stereocenters. The first kappa shape index (κ1) is 15.9. The molecule has 0 aliphatic heterocycles. The van der Waals surface area contributed by atoms with Crippen LogP contribution in [-0.2, 0) is 14.8 Å². The van der Waals surface area contributed by atoms with Crippen molar-refractivity contribution >= 4 is 38.7 Å². The molecule has 0 saturated carbocycles. The van der Waals surface area contributed by atoms with E-state index in [0.717, 1.165) is 0 Å². The highest BCUT2D eigenvalue weighted by molar-refractivity contribution is 7.91. The Balaban J connectivity index is 2.33. The highest BCUT2D eigenvalue weighted by atomic mass is 32.2. The van der Waals surface area contributed by atoms with Crippen molar-refractivity contribution in [1.82, 2.24) is 9.71 Å². The molecule has 1 unspecified atom stereocenters. The number of aromatic amines is 1. The average Bonchev–Trinajstić information content (AvgIpc) is 2.97. The topological polar surface area (TPSA) is 116 Å². The van der Waals surface area contributed by atoms with E-state index in [0.29, 0.717) is 16.2 Å². The van der Waals surface area contributed by atoms with Crippen LogP contribution in [0.3, 0.4) is 0 Å². The van der Waals surface area contributed by atoms with E-state index in [1.165, 1.54) is 18.3 Å². The minimum Gasteiger partial charge on any atom is -0.481 e. The lowest BCUT2D eigenvalue weighted by Gasteiger charge is -2.15. The molecule has 10 heteroatoms. The molecule has 0 aliphatic carbocycles. The van der Waals surface area contributed by atoms with E-state index in [9.17, 15) is 18.0 Å². The Morgan fingerprint density at radius 3 is 2.71 bits per heavy atom. The van der Waals surface area contributed by atoms with Gasteiger partial charge < -0.3 is 10.1 Å². The number of sulfonamides is 1. The quantitative estimate of drug-likeness (QED) is 0.727. The Hall–Kier alpha value is -1.49. The van der Waals surface area contributed by atoms with Crippen LogP contribution < -0.4 is 9.60 Å². The molecule has 0 bridgehead atoms. The Bertz CT molecular complexity index is 788. The first-order valence-electron chi connectivity index (χ1n) is 5.77. The SMILES string of the molecule is Cc1[nH]c(=O)sc1S(=O)(=O)NC(CC(=O)O)c1cccs1. The van der Waals surface area contributed by atoms with Crippen molar-refractivity contribution in [1.29, 1.82) is 0 Å². The number of thiophene rings is 1. The maximum absolute atomic E-state index is 12.3. The zero-order chi connectivity index (χ0) is 15.6. The predicted molar refractivity (Wildman–Crippen MR) is 79.3 cm³/mol. The van der Waals surface area contributed by atoms with Gasteiger partial charge in [0.2, 0.25) is 0 Å². The van der Waals surface area contributed by atoms with Gasteiger partial charge in [-0.2, -0.15) is 0 Å². The highest BCUT2D eigenvalue weighted by Crippen LogP contribution is 2.25. The summed E-state index contributed by atoms with van der Waals surface area (Å²) in [5.74, 6) is -1.12. The monoisotopic (exact) mass is 348 g/mol. The summed E-state index contributed by atoms with van der Waals surface area (Å²) in [6, 6.07) is 2.50. The van der Waals surface area contributed by atoms with Crippen LogP contribution in [0, 0.1) is 6.92 Å². The van der Waals surface area contributed by atoms with Gasteiger partial charge >= 0.3 is 10.8 Å². The second-order valence-corrected chi connectivity index (χ2v) is 8.09. The molecule has 0 aliphatic rings. The molecule has 2 aromatic heterocycles. The summed E-state index contributed by atoms with van der Waals surface area (Å²) in [4.78, 5) is 24.7. The summed E-state index contributed by atoms with van der Waals surface area (Å²) in [5, 5.41) is 10.7. The Labute approximate surface area is 128 Å². The number of H-pyrrole nitrogens is 1. The van der Waals surface area contributed by atoms with Crippen molar-refractivity contribution < 1.29 is 18.3 Å². The largest absolute Gasteiger partial charge is 0.481 e. The zero-order valence-corrected chi connectivity index (χ0v) is 13.3. The van der Waals surface area contributed by atoms with Crippen molar-refractivity contribution in [2.45, 2.75) is 23.6 Å². The van der Waals surface area contributed by atoms with Crippen LogP contribution in [0.15, 0.2) is 26.5 Å². The number of aryl methyl sites for hydroxylation is 1. The number of aromatic nitrogens is 1. The number of hydrogen-bond donors (Lipinski definition) is 3. The van der Waals surface area contributed by atoms with Gasteiger partial charge in [-0.3, -0.25) is 9.59 Å². The van der Waals surface area contributed by atoms with Crippen LogP contribution in [-0.4, -0.2) is 24.5 Å². The summed E-state index contributed by atoms with van der Waals surface area (Å²) in [6.45, 7) is 1.48. The summed E-state index contributed by atoms with van der Waals surface area (Å²) in [5.41, 5.74) is 0.234. The van der Waals surface area contributed by atoms with Crippen LogP contribution in [0.2, 0.25) is 0 Å². The maximum atomic E-state index is 12.3. The molecule has 0 aromatic carbocycles. The molecule has 0 radical (unpaired) electrons. The number of carbonyl (C=O) groups is 1. The molecule has 2 aromatic rings. The predicted octanol–water partition coefficient (Wildman–Crippen LogP) is 1.30. The fourth-order valence-electron chi connectivity index (χ4n) is 1.75. The molecule has 2 rings (SSSR count). The van der Waals surface area contributed by atoms with Gasteiger partial charge in [-0.25, -0.2) is 13.1 Å². The van der Waals surface area contributed by atoms with E-state index in [1.807, 2.05) is 0 Å². The van der Waals surface area contributed by atoms with Crippen molar-refractivity contribution in [3.8, 4) is 0 Å². The van der Waals surface area contributed by atoms with Crippen molar-refractivity contribution in [3.63, 3.8) is 0 Å². The fourth-order valence-corrected chi connectivity index (χ4v) is 5.14. The number of carboxylic acid groups (broad SMARTS) is 1. The smallest absolute Gasteiger partial charge is 0.305 e. The van der Waals surface area contributed by atoms with Gasteiger partial charge in [0.1, 0.15) is 0 Å². The lowest BCUT2D eigenvalue weighted by molar-refractivity contribution is -0.137. The van der Waals surface area contributed by atoms with Crippen molar-refractivity contribution in [3.05, 3.63) is 37.8 Å². The lowest BCUT2D eigenvalue weighted by Crippen LogP contribution is -2.29. The molecule has 0 saturated heterocycles. The molecule has 114 valence electrons. The van der Waals surface area contributed by atoms with Gasteiger partial charge in [0, 0.05) is 10.6 Å². The van der Waals surface area contributed by atoms with Crippen molar-refractivity contribution in [2.75, 3.05) is 0 Å². The summed E-state index contributed by atoms with van der Waals surface area (Å²) in [6.07, 6.45) is -0.377. The van der Waals surface area contributed by atoms with Crippen LogP contribution in [0.5, 0.6) is 0 Å². The molecule has 3 N–H and O–H groups in total. The molecule has 0 fully saturated rings. The molecule has 7 nitrogen and oxygen atoms in total.